The van der Waals surface area contributed by atoms with Gasteiger partial charge in [-0.2, -0.15) is 15.0 Å². The average molecular weight is 398 g/mol. The van der Waals surface area contributed by atoms with E-state index in [-0.39, 0.29) is 36.2 Å². The van der Waals surface area contributed by atoms with Gasteiger partial charge in [-0.15, -0.1) is 0 Å². The van der Waals surface area contributed by atoms with Crippen LogP contribution in [-0.2, 0) is 27.4 Å². The summed E-state index contributed by atoms with van der Waals surface area (Å²) in [6, 6.07) is 7.85. The number of nitrogens with one attached hydrogen (secondary N) is 1. The van der Waals surface area contributed by atoms with E-state index in [1.807, 2.05) is 24.3 Å². The minimum absolute atomic E-state index is 0.0298. The number of benzene rings is 1. The number of nitrogens with zero attached hydrogens (tertiary/aromatic N) is 4. The van der Waals surface area contributed by atoms with E-state index in [4.69, 9.17) is 10.5 Å². The van der Waals surface area contributed by atoms with Gasteiger partial charge in [-0.3, -0.25) is 9.59 Å². The lowest BCUT2D eigenvalue weighted by molar-refractivity contribution is -0.153. The molecule has 1 saturated heterocycles. The minimum Gasteiger partial charge on any atom is -0.457 e. The standard InChI is InChI=1S/C20H26N6O3/c1-3-14-6-4-5-7-16(14)22-20-24-17(23-19(21)25-20)12-29-18(28)15-8-10-26(11-9-15)13(2)27/h4-7,15H,3,8-12H2,1-2H3,(H3,21,22,23,24,25). The largest absolute Gasteiger partial charge is 0.457 e. The van der Waals surface area contributed by atoms with Gasteiger partial charge in [-0.25, -0.2) is 0 Å². The van der Waals surface area contributed by atoms with Gasteiger partial charge in [0, 0.05) is 25.7 Å². The van der Waals surface area contributed by atoms with Gasteiger partial charge in [-0.1, -0.05) is 25.1 Å². The van der Waals surface area contributed by atoms with Gasteiger partial charge in [0.2, 0.25) is 17.8 Å². The van der Waals surface area contributed by atoms with Crippen LogP contribution in [0.1, 0.15) is 38.1 Å². The zero-order valence-corrected chi connectivity index (χ0v) is 16.7. The Bertz CT molecular complexity index is 880. The summed E-state index contributed by atoms with van der Waals surface area (Å²) in [5.41, 5.74) is 7.81. The number of ether oxygens (including phenoxy) is 1. The molecule has 0 spiro atoms. The summed E-state index contributed by atoms with van der Waals surface area (Å²) in [6.45, 7) is 4.66. The number of hydrogen-bond donors (Lipinski definition) is 2. The molecule has 9 nitrogen and oxygen atoms in total. The molecule has 154 valence electrons. The molecule has 0 radical (unpaired) electrons. The van der Waals surface area contributed by atoms with Crippen molar-refractivity contribution < 1.29 is 14.3 Å². The van der Waals surface area contributed by atoms with Crippen molar-refractivity contribution in [2.24, 2.45) is 5.92 Å². The summed E-state index contributed by atoms with van der Waals surface area (Å²) in [7, 11) is 0. The van der Waals surface area contributed by atoms with Crippen molar-refractivity contribution in [2.75, 3.05) is 24.1 Å². The van der Waals surface area contributed by atoms with Crippen LogP contribution in [0.25, 0.3) is 0 Å². The van der Waals surface area contributed by atoms with Gasteiger partial charge < -0.3 is 20.7 Å². The Kier molecular flexibility index (Phi) is 6.58. The maximum atomic E-state index is 12.3. The first kappa shape index (κ1) is 20.5. The molecule has 2 heterocycles. The van der Waals surface area contributed by atoms with E-state index in [0.717, 1.165) is 17.7 Å². The van der Waals surface area contributed by atoms with Crippen molar-refractivity contribution >= 4 is 29.5 Å². The molecule has 2 aromatic rings. The fraction of sp³-hybridized carbons (Fsp3) is 0.450. The molecule has 1 aromatic carbocycles. The third-order valence-electron chi connectivity index (χ3n) is 4.96. The van der Waals surface area contributed by atoms with Crippen LogP contribution in [0.2, 0.25) is 0 Å². The van der Waals surface area contributed by atoms with Crippen LogP contribution < -0.4 is 11.1 Å². The third kappa shape index (κ3) is 5.40. The van der Waals surface area contributed by atoms with E-state index in [1.54, 1.807) is 4.90 Å². The van der Waals surface area contributed by atoms with Crippen LogP contribution in [0.3, 0.4) is 0 Å². The van der Waals surface area contributed by atoms with E-state index < -0.39 is 0 Å². The number of para-hydroxylation sites is 1. The first-order chi connectivity index (χ1) is 14.0. The van der Waals surface area contributed by atoms with Crippen molar-refractivity contribution in [3.63, 3.8) is 0 Å². The normalized spacial score (nSPS) is 14.5. The maximum absolute atomic E-state index is 12.3. The summed E-state index contributed by atoms with van der Waals surface area (Å²) in [5.74, 6) is 0.138. The molecule has 3 rings (SSSR count). The van der Waals surface area contributed by atoms with Crippen LogP contribution in [0.5, 0.6) is 0 Å². The number of rotatable bonds is 6. The molecule has 0 atom stereocenters. The van der Waals surface area contributed by atoms with Crippen LogP contribution in [-0.4, -0.2) is 44.8 Å². The summed E-state index contributed by atoms with van der Waals surface area (Å²) < 4.78 is 5.39. The molecule has 29 heavy (non-hydrogen) atoms. The molecule has 9 heteroatoms. The van der Waals surface area contributed by atoms with Crippen LogP contribution in [0, 0.1) is 5.92 Å². The molecule has 1 aliphatic heterocycles. The molecular weight excluding hydrogens is 372 g/mol. The average Bonchev–Trinajstić information content (AvgIpc) is 2.72. The number of nitrogen functional groups attached to an aromatic ring is 1. The number of amides is 1. The number of carbonyl (C=O) groups excluding carboxylic acids is 2. The number of esters is 1. The second-order valence-corrected chi connectivity index (χ2v) is 6.96. The van der Waals surface area contributed by atoms with E-state index in [2.05, 4.69) is 27.2 Å². The molecule has 1 aliphatic rings. The molecule has 1 fully saturated rings. The lowest BCUT2D eigenvalue weighted by atomic mass is 9.97. The van der Waals surface area contributed by atoms with E-state index in [1.165, 1.54) is 6.92 Å². The van der Waals surface area contributed by atoms with Gasteiger partial charge in [0.05, 0.1) is 5.92 Å². The molecule has 0 aliphatic carbocycles. The Labute approximate surface area is 169 Å². The molecule has 3 N–H and O–H groups in total. The quantitative estimate of drug-likeness (QED) is 0.709. The molecule has 0 unspecified atom stereocenters. The number of aromatic nitrogens is 3. The number of likely N-dealkylation sites (tertiary alicyclic amines) is 1. The van der Waals surface area contributed by atoms with Crippen molar-refractivity contribution in [3.8, 4) is 0 Å². The predicted molar refractivity (Wildman–Crippen MR) is 108 cm³/mol. The van der Waals surface area contributed by atoms with E-state index in [0.29, 0.717) is 31.9 Å². The Morgan fingerprint density at radius 1 is 1.21 bits per heavy atom. The second kappa shape index (κ2) is 9.31. The smallest absolute Gasteiger partial charge is 0.309 e. The lowest BCUT2D eigenvalue weighted by Crippen LogP contribution is -2.39. The Balaban J connectivity index is 1.60. The van der Waals surface area contributed by atoms with Gasteiger partial charge in [-0.05, 0) is 30.9 Å². The number of hydrogen-bond acceptors (Lipinski definition) is 8. The Morgan fingerprint density at radius 3 is 2.62 bits per heavy atom. The Hall–Kier alpha value is -3.23. The van der Waals surface area contributed by atoms with Crippen LogP contribution in [0.15, 0.2) is 24.3 Å². The second-order valence-electron chi connectivity index (χ2n) is 6.96. The summed E-state index contributed by atoms with van der Waals surface area (Å²) in [4.78, 5) is 38.0. The summed E-state index contributed by atoms with van der Waals surface area (Å²) in [5, 5.41) is 3.15. The fourth-order valence-corrected chi connectivity index (χ4v) is 3.31. The molecule has 1 aromatic heterocycles. The van der Waals surface area contributed by atoms with Crippen molar-refractivity contribution in [3.05, 3.63) is 35.7 Å². The van der Waals surface area contributed by atoms with Gasteiger partial charge in [0.15, 0.2) is 12.4 Å². The first-order valence-electron chi connectivity index (χ1n) is 9.73. The first-order valence-corrected chi connectivity index (χ1v) is 9.73. The number of piperidine rings is 1. The zero-order chi connectivity index (χ0) is 20.8. The lowest BCUT2D eigenvalue weighted by Gasteiger charge is -2.29. The molecule has 0 saturated carbocycles. The predicted octanol–water partition coefficient (Wildman–Crippen LogP) is 2.06. The number of aryl methyl sites for hydroxylation is 1. The van der Waals surface area contributed by atoms with Gasteiger partial charge >= 0.3 is 5.97 Å². The fourth-order valence-electron chi connectivity index (χ4n) is 3.31. The maximum Gasteiger partial charge on any atom is 0.309 e. The number of nitrogens with two attached hydrogens (primary N) is 1. The highest BCUT2D eigenvalue weighted by Crippen LogP contribution is 2.21. The highest BCUT2D eigenvalue weighted by molar-refractivity contribution is 5.75. The number of anilines is 3. The Morgan fingerprint density at radius 2 is 1.93 bits per heavy atom. The van der Waals surface area contributed by atoms with Gasteiger partial charge in [0.1, 0.15) is 0 Å². The minimum atomic E-state index is -0.307. The highest BCUT2D eigenvalue weighted by atomic mass is 16.5. The molecular formula is C20H26N6O3. The van der Waals surface area contributed by atoms with Crippen LogP contribution >= 0.6 is 0 Å². The van der Waals surface area contributed by atoms with Gasteiger partial charge in [0.25, 0.3) is 0 Å². The van der Waals surface area contributed by atoms with Crippen molar-refractivity contribution in [1.82, 2.24) is 19.9 Å². The van der Waals surface area contributed by atoms with Crippen molar-refractivity contribution in [1.29, 1.82) is 0 Å². The zero-order valence-electron chi connectivity index (χ0n) is 16.7. The van der Waals surface area contributed by atoms with Crippen molar-refractivity contribution in [2.45, 2.75) is 39.7 Å². The summed E-state index contributed by atoms with van der Waals surface area (Å²) >= 11 is 0. The third-order valence-corrected chi connectivity index (χ3v) is 4.96. The molecule has 0 bridgehead atoms. The topological polar surface area (TPSA) is 123 Å². The van der Waals surface area contributed by atoms with E-state index >= 15 is 0 Å². The highest BCUT2D eigenvalue weighted by Gasteiger charge is 2.27. The van der Waals surface area contributed by atoms with E-state index in [9.17, 15) is 9.59 Å². The SMILES string of the molecule is CCc1ccccc1Nc1nc(N)nc(COC(=O)C2CCN(C(C)=O)CC2)n1. The molecule has 1 amide bonds. The van der Waals surface area contributed by atoms with Crippen LogP contribution in [0.4, 0.5) is 17.6 Å². The number of carbonyl (C=O) groups is 2. The summed E-state index contributed by atoms with van der Waals surface area (Å²) in [6.07, 6.45) is 2.05. The monoisotopic (exact) mass is 398 g/mol.